The van der Waals surface area contributed by atoms with Gasteiger partial charge in [-0.2, -0.15) is 5.10 Å². The Balaban J connectivity index is 2.67. The van der Waals surface area contributed by atoms with Gasteiger partial charge in [0.05, 0.1) is 5.69 Å². The van der Waals surface area contributed by atoms with Crippen molar-refractivity contribution in [2.24, 2.45) is 0 Å². The summed E-state index contributed by atoms with van der Waals surface area (Å²) >= 11 is 0. The van der Waals surface area contributed by atoms with Gasteiger partial charge in [0.25, 0.3) is 0 Å². The molecule has 0 saturated heterocycles. The Morgan fingerprint density at radius 2 is 2.14 bits per heavy atom. The van der Waals surface area contributed by atoms with Crippen molar-refractivity contribution >= 4 is 11.3 Å². The first kappa shape index (κ1) is 8.99. The van der Waals surface area contributed by atoms with E-state index in [0.29, 0.717) is 11.6 Å². The van der Waals surface area contributed by atoms with Crippen molar-refractivity contribution in [3.63, 3.8) is 0 Å². The quantitative estimate of drug-likeness (QED) is 0.745. The van der Waals surface area contributed by atoms with E-state index in [0.717, 1.165) is 11.3 Å². The second kappa shape index (κ2) is 2.97. The molecule has 2 rings (SSSR count). The zero-order valence-electron chi connectivity index (χ0n) is 8.65. The summed E-state index contributed by atoms with van der Waals surface area (Å²) in [6.07, 6.45) is 3.84. The summed E-state index contributed by atoms with van der Waals surface area (Å²) in [6.45, 7) is 6.14. The molecule has 0 unspecified atom stereocenters. The molecule has 0 saturated carbocycles. The SMILES string of the molecule is Cc1nn2cc(C(C)C)cnc2c1N. The highest BCUT2D eigenvalue weighted by Crippen LogP contribution is 2.18. The zero-order chi connectivity index (χ0) is 10.3. The van der Waals surface area contributed by atoms with E-state index in [1.807, 2.05) is 19.3 Å². The van der Waals surface area contributed by atoms with Crippen molar-refractivity contribution < 1.29 is 0 Å². The number of aryl methyl sites for hydroxylation is 1. The van der Waals surface area contributed by atoms with E-state index in [9.17, 15) is 0 Å². The third-order valence-electron chi connectivity index (χ3n) is 2.38. The minimum atomic E-state index is 0.456. The zero-order valence-corrected chi connectivity index (χ0v) is 8.65. The highest BCUT2D eigenvalue weighted by Gasteiger charge is 2.08. The van der Waals surface area contributed by atoms with E-state index in [-0.39, 0.29) is 0 Å². The number of nitrogens with two attached hydrogens (primary N) is 1. The van der Waals surface area contributed by atoms with Gasteiger partial charge in [0, 0.05) is 12.4 Å². The van der Waals surface area contributed by atoms with Gasteiger partial charge in [-0.1, -0.05) is 13.8 Å². The van der Waals surface area contributed by atoms with E-state index in [1.165, 1.54) is 5.56 Å². The van der Waals surface area contributed by atoms with Crippen LogP contribution in [0.5, 0.6) is 0 Å². The predicted octanol–water partition coefficient (Wildman–Crippen LogP) is 1.74. The maximum absolute atomic E-state index is 5.82. The molecule has 2 heterocycles. The highest BCUT2D eigenvalue weighted by atomic mass is 15.3. The lowest BCUT2D eigenvalue weighted by Gasteiger charge is -2.03. The van der Waals surface area contributed by atoms with Gasteiger partial charge >= 0.3 is 0 Å². The van der Waals surface area contributed by atoms with Crippen LogP contribution in [0.25, 0.3) is 5.65 Å². The van der Waals surface area contributed by atoms with Crippen LogP contribution in [-0.2, 0) is 0 Å². The van der Waals surface area contributed by atoms with Crippen molar-refractivity contribution in [1.29, 1.82) is 0 Å². The molecule has 2 N–H and O–H groups in total. The molecule has 4 heteroatoms. The van der Waals surface area contributed by atoms with E-state index in [1.54, 1.807) is 4.52 Å². The number of hydrogen-bond acceptors (Lipinski definition) is 3. The number of aromatic nitrogens is 3. The lowest BCUT2D eigenvalue weighted by atomic mass is 10.1. The molecule has 0 aliphatic rings. The molecule has 0 atom stereocenters. The second-order valence-electron chi connectivity index (χ2n) is 3.81. The number of nitrogens with zero attached hydrogens (tertiary/aromatic N) is 3. The second-order valence-corrected chi connectivity index (χ2v) is 3.81. The largest absolute Gasteiger partial charge is 0.394 e. The van der Waals surface area contributed by atoms with Crippen LogP contribution in [0.4, 0.5) is 5.69 Å². The number of nitrogen functional groups attached to an aromatic ring is 1. The molecule has 0 radical (unpaired) electrons. The maximum Gasteiger partial charge on any atom is 0.178 e. The molecule has 2 aromatic rings. The molecule has 0 spiro atoms. The van der Waals surface area contributed by atoms with Gasteiger partial charge < -0.3 is 5.73 Å². The molecule has 2 aromatic heterocycles. The topological polar surface area (TPSA) is 56.2 Å². The van der Waals surface area contributed by atoms with Crippen molar-refractivity contribution in [1.82, 2.24) is 14.6 Å². The Labute approximate surface area is 82.8 Å². The average Bonchev–Trinajstić information content (AvgIpc) is 2.42. The standard InChI is InChI=1S/C10H14N4/c1-6(2)8-4-12-10-9(11)7(3)13-14(10)5-8/h4-6H,11H2,1-3H3. The fraction of sp³-hybridized carbons (Fsp3) is 0.400. The van der Waals surface area contributed by atoms with Crippen LogP contribution in [0.3, 0.4) is 0 Å². The smallest absolute Gasteiger partial charge is 0.178 e. The summed E-state index contributed by atoms with van der Waals surface area (Å²) in [5.74, 6) is 0.456. The van der Waals surface area contributed by atoms with Gasteiger partial charge in [-0.05, 0) is 18.4 Å². The van der Waals surface area contributed by atoms with Crippen LogP contribution >= 0.6 is 0 Å². The fourth-order valence-electron chi connectivity index (χ4n) is 1.38. The first-order chi connectivity index (χ1) is 6.59. The molecule has 0 amide bonds. The minimum Gasteiger partial charge on any atom is -0.394 e. The number of hydrogen-bond donors (Lipinski definition) is 1. The maximum atomic E-state index is 5.82. The summed E-state index contributed by atoms with van der Waals surface area (Å²) in [5.41, 5.74) is 9.23. The Hall–Kier alpha value is -1.58. The summed E-state index contributed by atoms with van der Waals surface area (Å²) in [7, 11) is 0. The molecule has 0 fully saturated rings. The summed E-state index contributed by atoms with van der Waals surface area (Å²) < 4.78 is 1.75. The Morgan fingerprint density at radius 1 is 1.43 bits per heavy atom. The molecule has 0 aliphatic carbocycles. The number of anilines is 1. The van der Waals surface area contributed by atoms with Gasteiger partial charge in [-0.3, -0.25) is 0 Å². The first-order valence-electron chi connectivity index (χ1n) is 4.70. The lowest BCUT2D eigenvalue weighted by Crippen LogP contribution is -1.96. The van der Waals surface area contributed by atoms with Crippen LogP contribution in [-0.4, -0.2) is 14.6 Å². The summed E-state index contributed by atoms with van der Waals surface area (Å²) in [4.78, 5) is 4.30. The molecular formula is C10H14N4. The van der Waals surface area contributed by atoms with Crippen molar-refractivity contribution in [2.75, 3.05) is 5.73 Å². The monoisotopic (exact) mass is 190 g/mol. The molecule has 0 aliphatic heterocycles. The van der Waals surface area contributed by atoms with E-state index in [2.05, 4.69) is 23.9 Å². The minimum absolute atomic E-state index is 0.456. The van der Waals surface area contributed by atoms with E-state index >= 15 is 0 Å². The molecule has 0 bridgehead atoms. The number of rotatable bonds is 1. The molecule has 4 nitrogen and oxygen atoms in total. The Bertz CT molecular complexity index is 470. The van der Waals surface area contributed by atoms with Gasteiger partial charge in [-0.15, -0.1) is 0 Å². The van der Waals surface area contributed by atoms with Crippen LogP contribution in [0.2, 0.25) is 0 Å². The van der Waals surface area contributed by atoms with Crippen molar-refractivity contribution in [2.45, 2.75) is 26.7 Å². The predicted molar refractivity (Wildman–Crippen MR) is 56.2 cm³/mol. The third kappa shape index (κ3) is 1.23. The molecule has 14 heavy (non-hydrogen) atoms. The van der Waals surface area contributed by atoms with Crippen LogP contribution < -0.4 is 5.73 Å². The van der Waals surface area contributed by atoms with E-state index in [4.69, 9.17) is 5.73 Å². The third-order valence-corrected chi connectivity index (χ3v) is 2.38. The van der Waals surface area contributed by atoms with Crippen LogP contribution in [0, 0.1) is 6.92 Å². The average molecular weight is 190 g/mol. The summed E-state index contributed by atoms with van der Waals surface area (Å²) in [6, 6.07) is 0. The van der Waals surface area contributed by atoms with Gasteiger partial charge in [0.1, 0.15) is 5.69 Å². The Kier molecular flexibility index (Phi) is 1.91. The van der Waals surface area contributed by atoms with Crippen LogP contribution in [0.1, 0.15) is 31.0 Å². The van der Waals surface area contributed by atoms with Crippen LogP contribution in [0.15, 0.2) is 12.4 Å². The molecule has 0 aromatic carbocycles. The van der Waals surface area contributed by atoms with E-state index < -0.39 is 0 Å². The Morgan fingerprint density at radius 3 is 2.79 bits per heavy atom. The van der Waals surface area contributed by atoms with Crippen molar-refractivity contribution in [3.8, 4) is 0 Å². The van der Waals surface area contributed by atoms with Gasteiger partial charge in [0.15, 0.2) is 5.65 Å². The normalized spacial score (nSPS) is 11.4. The number of fused-ring (bicyclic) bond motifs is 1. The molecular weight excluding hydrogens is 176 g/mol. The van der Waals surface area contributed by atoms with Crippen molar-refractivity contribution in [3.05, 3.63) is 23.7 Å². The molecule has 74 valence electrons. The van der Waals surface area contributed by atoms with Gasteiger partial charge in [0.2, 0.25) is 0 Å². The lowest BCUT2D eigenvalue weighted by molar-refractivity contribution is 0.817. The summed E-state index contributed by atoms with van der Waals surface area (Å²) in [5, 5.41) is 4.28. The van der Waals surface area contributed by atoms with Gasteiger partial charge in [-0.25, -0.2) is 9.50 Å². The first-order valence-corrected chi connectivity index (χ1v) is 4.70. The highest BCUT2D eigenvalue weighted by molar-refractivity contribution is 5.66. The fourth-order valence-corrected chi connectivity index (χ4v) is 1.38.